The van der Waals surface area contributed by atoms with Gasteiger partial charge in [-0.1, -0.05) is 0 Å². The van der Waals surface area contributed by atoms with Crippen molar-refractivity contribution in [2.24, 2.45) is 0 Å². The van der Waals surface area contributed by atoms with Gasteiger partial charge in [0.05, 0.1) is 0 Å². The van der Waals surface area contributed by atoms with Crippen molar-refractivity contribution in [1.82, 2.24) is 0 Å². The molecule has 0 unspecified atom stereocenters. The van der Waals surface area contributed by atoms with Crippen molar-refractivity contribution in [2.75, 3.05) is 0 Å². The Labute approximate surface area is 77.2 Å². The third-order valence-electron chi connectivity index (χ3n) is 0. The molecule has 0 rings (SSSR count). The third kappa shape index (κ3) is 51.1. The van der Waals surface area contributed by atoms with Gasteiger partial charge in [0, 0.05) is 0 Å². The second kappa shape index (κ2) is 3.46. The SMILES string of the molecule is CC([O-])(F)F.[K+]. The Bertz CT molecular complexity index is 27.0. The molecule has 1 nitrogen and oxygen atoms in total. The van der Waals surface area contributed by atoms with Crippen LogP contribution in [0, 0.1) is 0 Å². The van der Waals surface area contributed by atoms with Crippen molar-refractivity contribution in [3.05, 3.63) is 0 Å². The van der Waals surface area contributed by atoms with Crippen molar-refractivity contribution in [2.45, 2.75) is 13.0 Å². The molecule has 0 aromatic rings. The minimum absolute atomic E-state index is 0. The summed E-state index contributed by atoms with van der Waals surface area (Å²) in [6.45, 7) is 0.299. The topological polar surface area (TPSA) is 23.1 Å². The molecular formula is C2H3F2KO. The number of hydrogen-bond acceptors (Lipinski definition) is 1. The fourth-order valence-electron chi connectivity index (χ4n) is 0. The first-order chi connectivity index (χ1) is 2.00. The van der Waals surface area contributed by atoms with Crippen LogP contribution in [0.5, 0.6) is 0 Å². The minimum Gasteiger partial charge on any atom is -0.799 e. The van der Waals surface area contributed by atoms with Crippen LogP contribution in [-0.4, -0.2) is 6.11 Å². The first-order valence-corrected chi connectivity index (χ1v) is 1.08. The van der Waals surface area contributed by atoms with Crippen molar-refractivity contribution >= 4 is 0 Å². The second-order valence-electron chi connectivity index (χ2n) is 0.808. The van der Waals surface area contributed by atoms with Crippen molar-refractivity contribution < 1.29 is 65.3 Å². The van der Waals surface area contributed by atoms with Gasteiger partial charge >= 0.3 is 51.4 Å². The fourth-order valence-corrected chi connectivity index (χ4v) is 0. The van der Waals surface area contributed by atoms with Gasteiger partial charge in [0.15, 0.2) is 6.11 Å². The maximum atomic E-state index is 10.5. The van der Waals surface area contributed by atoms with Crippen LogP contribution >= 0.6 is 0 Å². The van der Waals surface area contributed by atoms with E-state index in [4.69, 9.17) is 5.11 Å². The largest absolute Gasteiger partial charge is 1.00 e. The number of alkyl halides is 2. The molecule has 0 aromatic heterocycles. The summed E-state index contributed by atoms with van der Waals surface area (Å²) in [4.78, 5) is 0. The van der Waals surface area contributed by atoms with E-state index in [1.165, 1.54) is 0 Å². The standard InChI is InChI=1S/C2H3F2O.K/c1-2(3,4)5;/h1H3;/q-1;+1. The van der Waals surface area contributed by atoms with E-state index in [0.717, 1.165) is 0 Å². The van der Waals surface area contributed by atoms with Crippen molar-refractivity contribution in [1.29, 1.82) is 0 Å². The first kappa shape index (κ1) is 10.4. The summed E-state index contributed by atoms with van der Waals surface area (Å²) < 4.78 is 20.9. The monoisotopic (exact) mass is 120 g/mol. The van der Waals surface area contributed by atoms with Gasteiger partial charge in [-0.2, -0.15) is 0 Å². The average Bonchev–Trinajstić information content (AvgIpc) is 0.722. The number of halogens is 2. The normalized spacial score (nSPS) is 10.0. The molecule has 6 heavy (non-hydrogen) atoms. The fraction of sp³-hybridized carbons (Fsp3) is 1.00. The Kier molecular flexibility index (Phi) is 6.02. The van der Waals surface area contributed by atoms with Gasteiger partial charge < -0.3 is 5.11 Å². The smallest absolute Gasteiger partial charge is 0.799 e. The first-order valence-electron chi connectivity index (χ1n) is 1.08. The van der Waals surface area contributed by atoms with E-state index in [1.54, 1.807) is 0 Å². The van der Waals surface area contributed by atoms with Crippen molar-refractivity contribution in [3.8, 4) is 0 Å². The molecule has 0 aliphatic rings. The zero-order valence-corrected chi connectivity index (χ0v) is 6.79. The molecule has 0 N–H and O–H groups in total. The predicted molar refractivity (Wildman–Crippen MR) is 10.6 cm³/mol. The summed E-state index contributed by atoms with van der Waals surface area (Å²) in [6.07, 6.45) is -3.75. The van der Waals surface area contributed by atoms with Gasteiger partial charge in [0.1, 0.15) is 0 Å². The summed E-state index contributed by atoms with van der Waals surface area (Å²) in [5, 5.41) is 8.77. The quantitative estimate of drug-likeness (QED) is 0.312. The Hall–Kier alpha value is 1.46. The summed E-state index contributed by atoms with van der Waals surface area (Å²) in [5.41, 5.74) is 0. The molecule has 0 saturated heterocycles. The Morgan fingerprint density at radius 3 is 1.50 bits per heavy atom. The van der Waals surface area contributed by atoms with Gasteiger partial charge in [0.25, 0.3) is 0 Å². The van der Waals surface area contributed by atoms with Gasteiger partial charge in [-0.3, -0.25) is 0 Å². The molecule has 0 amide bonds. The van der Waals surface area contributed by atoms with Gasteiger partial charge in [-0.05, 0) is 6.92 Å². The molecule has 0 atom stereocenters. The average molecular weight is 120 g/mol. The van der Waals surface area contributed by atoms with E-state index in [2.05, 4.69) is 0 Å². The van der Waals surface area contributed by atoms with Gasteiger partial charge in [-0.15, -0.1) is 0 Å². The second-order valence-corrected chi connectivity index (χ2v) is 0.808. The summed E-state index contributed by atoms with van der Waals surface area (Å²) >= 11 is 0. The Morgan fingerprint density at radius 1 is 1.50 bits per heavy atom. The molecule has 4 heteroatoms. The zero-order chi connectivity index (χ0) is 4.50. The summed E-state index contributed by atoms with van der Waals surface area (Å²) in [5.74, 6) is 0. The molecular weight excluding hydrogens is 117 g/mol. The third-order valence-corrected chi connectivity index (χ3v) is 0. The van der Waals surface area contributed by atoms with Crippen LogP contribution in [0.15, 0.2) is 0 Å². The van der Waals surface area contributed by atoms with Crippen LogP contribution in [0.1, 0.15) is 6.92 Å². The van der Waals surface area contributed by atoms with Crippen LogP contribution in [-0.2, 0) is 0 Å². The molecule has 0 bridgehead atoms. The summed E-state index contributed by atoms with van der Waals surface area (Å²) in [6, 6.07) is 0. The predicted octanol–water partition coefficient (Wildman–Crippen LogP) is -3.04. The summed E-state index contributed by atoms with van der Waals surface area (Å²) in [7, 11) is 0. The van der Waals surface area contributed by atoms with Crippen LogP contribution in [0.2, 0.25) is 0 Å². The van der Waals surface area contributed by atoms with Gasteiger partial charge in [-0.25, -0.2) is 8.78 Å². The van der Waals surface area contributed by atoms with Crippen molar-refractivity contribution in [3.63, 3.8) is 0 Å². The van der Waals surface area contributed by atoms with E-state index in [-0.39, 0.29) is 51.4 Å². The van der Waals surface area contributed by atoms with E-state index in [9.17, 15) is 8.78 Å². The zero-order valence-electron chi connectivity index (χ0n) is 3.66. The number of hydrogen-bond donors (Lipinski definition) is 0. The van der Waals surface area contributed by atoms with Crippen LogP contribution in [0.3, 0.4) is 0 Å². The molecule has 0 saturated carbocycles. The molecule has 0 aliphatic heterocycles. The maximum absolute atomic E-state index is 10.5. The minimum atomic E-state index is -3.75. The molecule has 0 aromatic carbocycles. The Balaban J connectivity index is 0. The Morgan fingerprint density at radius 2 is 1.50 bits per heavy atom. The maximum Gasteiger partial charge on any atom is 1.00 e. The van der Waals surface area contributed by atoms with E-state index in [1.807, 2.05) is 0 Å². The van der Waals surface area contributed by atoms with E-state index in [0.29, 0.717) is 6.92 Å². The molecule has 0 spiro atoms. The molecule has 0 radical (unpaired) electrons. The molecule has 0 heterocycles. The van der Waals surface area contributed by atoms with Crippen LogP contribution in [0.25, 0.3) is 0 Å². The van der Waals surface area contributed by atoms with E-state index >= 15 is 0 Å². The van der Waals surface area contributed by atoms with E-state index < -0.39 is 6.11 Å². The molecule has 0 fully saturated rings. The van der Waals surface area contributed by atoms with Gasteiger partial charge in [0.2, 0.25) is 0 Å². The van der Waals surface area contributed by atoms with Crippen LogP contribution < -0.4 is 56.5 Å². The number of rotatable bonds is 0. The van der Waals surface area contributed by atoms with Crippen LogP contribution in [0.4, 0.5) is 8.78 Å². The molecule has 0 aliphatic carbocycles. The molecule has 32 valence electrons.